The number of phenols is 2. The molecule has 0 amide bonds. The number of aldehydes is 1. The quantitative estimate of drug-likeness (QED) is 0.184. The van der Waals surface area contributed by atoms with Gasteiger partial charge in [0.2, 0.25) is 0 Å². The van der Waals surface area contributed by atoms with Crippen LogP contribution in [-0.2, 0) is 20.7 Å². The standard InChI is InChI=1S/C28H33NO10/c1-12-15(5-4-6-20(12)37-3)26(34)24-17(10-30)28(36)23-16(27(24)35)7-14(19(32)11-31)8-21(23)39-22-9-18(29)25(33)13(2)38-22/h4-6,10,13-14,18,21-22,25,31,33,35-36H,7-9,11,29H2,1-3H3. The van der Waals surface area contributed by atoms with Gasteiger partial charge < -0.3 is 40.4 Å². The third-order valence-corrected chi connectivity index (χ3v) is 7.67. The number of nitrogens with two attached hydrogens (primary N) is 1. The molecular weight excluding hydrogens is 510 g/mol. The molecule has 2 aromatic rings. The van der Waals surface area contributed by atoms with Crippen LogP contribution in [0.25, 0.3) is 0 Å². The first-order valence-corrected chi connectivity index (χ1v) is 12.7. The summed E-state index contributed by atoms with van der Waals surface area (Å²) in [5.74, 6) is -2.76. The van der Waals surface area contributed by atoms with E-state index in [1.807, 2.05) is 0 Å². The number of phenolic OH excluding ortho intramolecular Hbond substituents is 2. The molecule has 2 aromatic carbocycles. The molecule has 1 aliphatic carbocycles. The number of benzene rings is 2. The number of aromatic hydroxyl groups is 2. The summed E-state index contributed by atoms with van der Waals surface area (Å²) in [4.78, 5) is 38.5. The summed E-state index contributed by atoms with van der Waals surface area (Å²) in [6, 6.07) is 4.09. The van der Waals surface area contributed by atoms with Crippen LogP contribution in [0.3, 0.4) is 0 Å². The van der Waals surface area contributed by atoms with Crippen molar-refractivity contribution in [2.24, 2.45) is 11.7 Å². The van der Waals surface area contributed by atoms with Gasteiger partial charge in [-0.05, 0) is 32.8 Å². The Labute approximate surface area is 225 Å². The number of aliphatic hydroxyl groups excluding tert-OH is 2. The van der Waals surface area contributed by atoms with E-state index >= 15 is 0 Å². The lowest BCUT2D eigenvalue weighted by Crippen LogP contribution is -2.52. The first kappa shape index (κ1) is 28.7. The molecule has 6 atom stereocenters. The number of hydrogen-bond donors (Lipinski definition) is 5. The SMILES string of the molecule is COc1cccc(C(=O)c2c(O)c3c(c(O)c2C=O)C(OC2CC(N)C(O)C(C)O2)CC(C(=O)CO)C3)c1C. The molecule has 11 heteroatoms. The summed E-state index contributed by atoms with van der Waals surface area (Å²) in [7, 11) is 1.44. The van der Waals surface area contributed by atoms with Crippen molar-refractivity contribution in [3.8, 4) is 17.2 Å². The number of rotatable bonds is 8. The van der Waals surface area contributed by atoms with Crippen LogP contribution in [-0.4, -0.2) is 76.5 Å². The number of ketones is 2. The summed E-state index contributed by atoms with van der Waals surface area (Å²) < 4.78 is 17.1. The fourth-order valence-electron chi connectivity index (χ4n) is 5.49. The molecule has 0 bridgehead atoms. The van der Waals surface area contributed by atoms with E-state index in [4.69, 9.17) is 19.9 Å². The summed E-state index contributed by atoms with van der Waals surface area (Å²) in [5, 5.41) is 42.4. The minimum Gasteiger partial charge on any atom is -0.507 e. The summed E-state index contributed by atoms with van der Waals surface area (Å²) in [6.45, 7) is 2.52. The second-order valence-electron chi connectivity index (χ2n) is 10.0. The van der Waals surface area contributed by atoms with E-state index in [2.05, 4.69) is 0 Å². The van der Waals surface area contributed by atoms with Crippen LogP contribution in [0, 0.1) is 12.8 Å². The zero-order chi connectivity index (χ0) is 28.6. The van der Waals surface area contributed by atoms with Gasteiger partial charge in [0.1, 0.15) is 23.9 Å². The number of carbonyl (C=O) groups excluding carboxylic acids is 3. The number of carbonyl (C=O) groups is 3. The average molecular weight is 544 g/mol. The Hall–Kier alpha value is -3.35. The molecule has 39 heavy (non-hydrogen) atoms. The van der Waals surface area contributed by atoms with Gasteiger partial charge >= 0.3 is 0 Å². The molecule has 0 saturated carbocycles. The Morgan fingerprint density at radius 2 is 1.92 bits per heavy atom. The fourth-order valence-corrected chi connectivity index (χ4v) is 5.49. The van der Waals surface area contributed by atoms with Crippen molar-refractivity contribution < 1.29 is 49.0 Å². The van der Waals surface area contributed by atoms with Crippen molar-refractivity contribution in [3.63, 3.8) is 0 Å². The Morgan fingerprint density at radius 3 is 2.54 bits per heavy atom. The van der Waals surface area contributed by atoms with Crippen molar-refractivity contribution in [2.75, 3.05) is 13.7 Å². The third kappa shape index (κ3) is 5.15. The van der Waals surface area contributed by atoms with E-state index in [-0.39, 0.29) is 42.2 Å². The Morgan fingerprint density at radius 1 is 1.21 bits per heavy atom. The number of Topliss-reactive ketones (excluding diaryl/α,β-unsaturated/α-hetero) is 1. The first-order valence-electron chi connectivity index (χ1n) is 12.7. The molecule has 1 saturated heterocycles. The van der Waals surface area contributed by atoms with E-state index < -0.39 is 77.4 Å². The van der Waals surface area contributed by atoms with Gasteiger partial charge in [0.25, 0.3) is 0 Å². The van der Waals surface area contributed by atoms with Gasteiger partial charge in [-0.15, -0.1) is 0 Å². The third-order valence-electron chi connectivity index (χ3n) is 7.67. The molecule has 0 aromatic heterocycles. The van der Waals surface area contributed by atoms with Crippen molar-refractivity contribution in [1.29, 1.82) is 0 Å². The molecule has 1 aliphatic heterocycles. The minimum absolute atomic E-state index is 0.00596. The van der Waals surface area contributed by atoms with Crippen molar-refractivity contribution >= 4 is 17.9 Å². The van der Waals surface area contributed by atoms with Crippen molar-refractivity contribution in [1.82, 2.24) is 0 Å². The van der Waals surface area contributed by atoms with Gasteiger partial charge in [-0.3, -0.25) is 14.4 Å². The highest BCUT2D eigenvalue weighted by atomic mass is 16.7. The summed E-state index contributed by atoms with van der Waals surface area (Å²) in [5.41, 5.74) is 5.89. The van der Waals surface area contributed by atoms with E-state index in [1.54, 1.807) is 26.0 Å². The molecule has 6 unspecified atom stereocenters. The van der Waals surface area contributed by atoms with Crippen molar-refractivity contribution in [3.05, 3.63) is 51.6 Å². The molecular formula is C28H33NO10. The molecule has 1 heterocycles. The van der Waals surface area contributed by atoms with Crippen LogP contribution < -0.4 is 10.5 Å². The predicted octanol–water partition coefficient (Wildman–Crippen LogP) is 1.46. The number of methoxy groups -OCH3 is 1. The molecule has 1 fully saturated rings. The Balaban J connectivity index is 1.84. The largest absolute Gasteiger partial charge is 0.507 e. The van der Waals surface area contributed by atoms with E-state index in [0.717, 1.165) is 0 Å². The van der Waals surface area contributed by atoms with Gasteiger partial charge in [-0.25, -0.2) is 0 Å². The first-order chi connectivity index (χ1) is 18.5. The highest BCUT2D eigenvalue weighted by Gasteiger charge is 2.42. The Kier molecular flexibility index (Phi) is 8.38. The number of fused-ring (bicyclic) bond motifs is 1. The second kappa shape index (κ2) is 11.4. The van der Waals surface area contributed by atoms with Gasteiger partial charge in [0.15, 0.2) is 24.1 Å². The van der Waals surface area contributed by atoms with Crippen LogP contribution in [0.4, 0.5) is 0 Å². The smallest absolute Gasteiger partial charge is 0.198 e. The minimum atomic E-state index is -1.05. The van der Waals surface area contributed by atoms with Crippen LogP contribution in [0.15, 0.2) is 18.2 Å². The number of hydrogen-bond acceptors (Lipinski definition) is 11. The van der Waals surface area contributed by atoms with Crippen LogP contribution >= 0.6 is 0 Å². The lowest BCUT2D eigenvalue weighted by atomic mass is 9.76. The van der Waals surface area contributed by atoms with E-state index in [9.17, 15) is 34.8 Å². The molecule has 210 valence electrons. The Bertz CT molecular complexity index is 1280. The van der Waals surface area contributed by atoms with Crippen LogP contribution in [0.5, 0.6) is 17.2 Å². The van der Waals surface area contributed by atoms with Gasteiger partial charge in [-0.2, -0.15) is 0 Å². The predicted molar refractivity (Wildman–Crippen MR) is 137 cm³/mol. The number of ether oxygens (including phenoxy) is 3. The highest BCUT2D eigenvalue weighted by Crippen LogP contribution is 2.49. The maximum Gasteiger partial charge on any atom is 0.198 e. The molecule has 11 nitrogen and oxygen atoms in total. The molecule has 0 radical (unpaired) electrons. The molecule has 6 N–H and O–H groups in total. The van der Waals surface area contributed by atoms with E-state index in [0.29, 0.717) is 11.3 Å². The zero-order valence-electron chi connectivity index (χ0n) is 21.9. The molecule has 0 spiro atoms. The zero-order valence-corrected chi connectivity index (χ0v) is 21.9. The van der Waals surface area contributed by atoms with Crippen molar-refractivity contribution in [2.45, 2.75) is 63.8 Å². The normalized spacial score (nSPS) is 26.5. The summed E-state index contributed by atoms with van der Waals surface area (Å²) >= 11 is 0. The topological polar surface area (TPSA) is 186 Å². The van der Waals surface area contributed by atoms with Gasteiger partial charge in [0.05, 0.1) is 36.5 Å². The average Bonchev–Trinajstić information content (AvgIpc) is 2.92. The number of aliphatic hydroxyl groups is 2. The monoisotopic (exact) mass is 543 g/mol. The lowest BCUT2D eigenvalue weighted by molar-refractivity contribution is -0.243. The highest BCUT2D eigenvalue weighted by molar-refractivity contribution is 6.16. The second-order valence-corrected chi connectivity index (χ2v) is 10.0. The maximum absolute atomic E-state index is 13.7. The maximum atomic E-state index is 13.7. The summed E-state index contributed by atoms with van der Waals surface area (Å²) in [6.07, 6.45) is -3.27. The van der Waals surface area contributed by atoms with Gasteiger partial charge in [-0.1, -0.05) is 12.1 Å². The van der Waals surface area contributed by atoms with Gasteiger partial charge in [0, 0.05) is 40.6 Å². The van der Waals surface area contributed by atoms with Crippen LogP contribution in [0.2, 0.25) is 0 Å². The van der Waals surface area contributed by atoms with E-state index in [1.165, 1.54) is 13.2 Å². The fraction of sp³-hybridized carbons (Fsp3) is 0.464. The van der Waals surface area contributed by atoms with Crippen LogP contribution in [0.1, 0.15) is 68.8 Å². The molecule has 4 rings (SSSR count). The molecule has 2 aliphatic rings. The lowest BCUT2D eigenvalue weighted by Gasteiger charge is -2.39.